The molecule has 3 aromatic rings. The van der Waals surface area contributed by atoms with Gasteiger partial charge in [0, 0.05) is 0 Å². The highest BCUT2D eigenvalue weighted by molar-refractivity contribution is 7.91. The lowest BCUT2D eigenvalue weighted by atomic mass is 10.4. The largest absolute Gasteiger partial charge is 0.242 e. The normalized spacial score (nSPS) is 11.3. The molecule has 0 radical (unpaired) electrons. The van der Waals surface area contributed by atoms with Gasteiger partial charge in [-0.2, -0.15) is 0 Å². The molecule has 3 rings (SSSR count). The highest BCUT2D eigenvalue weighted by atomic mass is 31.2. The molecule has 2 heteroatoms. The van der Waals surface area contributed by atoms with E-state index in [0.717, 1.165) is 0 Å². The molecule has 110 valence electrons. The van der Waals surface area contributed by atoms with E-state index in [1.54, 1.807) is 0 Å². The van der Waals surface area contributed by atoms with Gasteiger partial charge in [-0.05, 0) is 43.3 Å². The van der Waals surface area contributed by atoms with E-state index >= 15 is 0 Å². The molecule has 0 spiro atoms. The molecule has 0 aliphatic heterocycles. The predicted molar refractivity (Wildman–Crippen MR) is 96.8 cm³/mol. The minimum atomic E-state index is -2.05. The third-order valence-corrected chi connectivity index (χ3v) is 7.40. The van der Waals surface area contributed by atoms with Gasteiger partial charge in [-0.1, -0.05) is 54.6 Å². The Balaban J connectivity index is 2.29. The molecule has 0 aliphatic rings. The van der Waals surface area contributed by atoms with Gasteiger partial charge in [0.2, 0.25) is 7.49 Å². The average Bonchev–Trinajstić information content (AvgIpc) is 2.62. The summed E-state index contributed by atoms with van der Waals surface area (Å²) in [5, 5.41) is 3.78. The van der Waals surface area contributed by atoms with Crippen molar-refractivity contribution >= 4 is 23.4 Å². The standard InChI is InChI=1S/C20H20OP/c1-2-21-22(18-12-6-3-7-13-18,19-14-8-4-9-15-19)20-16-10-5-11-17-20/h3-17H,2H2,1H3/q+1. The van der Waals surface area contributed by atoms with E-state index in [0.29, 0.717) is 6.61 Å². The van der Waals surface area contributed by atoms with Crippen molar-refractivity contribution in [3.05, 3.63) is 91.0 Å². The van der Waals surface area contributed by atoms with Crippen molar-refractivity contribution in [3.8, 4) is 0 Å². The van der Waals surface area contributed by atoms with Gasteiger partial charge in [0.1, 0.15) is 15.9 Å². The molecule has 0 saturated heterocycles. The van der Waals surface area contributed by atoms with E-state index in [-0.39, 0.29) is 0 Å². The fourth-order valence-electron chi connectivity index (χ4n) is 2.78. The maximum absolute atomic E-state index is 6.50. The van der Waals surface area contributed by atoms with Gasteiger partial charge in [-0.25, -0.2) is 4.52 Å². The summed E-state index contributed by atoms with van der Waals surface area (Å²) in [4.78, 5) is 0. The summed E-state index contributed by atoms with van der Waals surface area (Å²) in [5.74, 6) is 0. The van der Waals surface area contributed by atoms with E-state index in [2.05, 4.69) is 97.9 Å². The molecule has 0 heterocycles. The maximum atomic E-state index is 6.50. The van der Waals surface area contributed by atoms with E-state index in [9.17, 15) is 0 Å². The van der Waals surface area contributed by atoms with Crippen LogP contribution in [0.15, 0.2) is 91.0 Å². The van der Waals surface area contributed by atoms with Crippen LogP contribution in [0.5, 0.6) is 0 Å². The van der Waals surface area contributed by atoms with E-state index in [1.165, 1.54) is 15.9 Å². The van der Waals surface area contributed by atoms with Crippen molar-refractivity contribution in [3.63, 3.8) is 0 Å². The van der Waals surface area contributed by atoms with Crippen molar-refractivity contribution in [2.75, 3.05) is 6.61 Å². The van der Waals surface area contributed by atoms with Crippen molar-refractivity contribution in [1.29, 1.82) is 0 Å². The van der Waals surface area contributed by atoms with Crippen LogP contribution in [0.1, 0.15) is 6.92 Å². The third-order valence-electron chi connectivity index (χ3n) is 3.68. The van der Waals surface area contributed by atoms with Crippen molar-refractivity contribution in [2.45, 2.75) is 6.92 Å². The van der Waals surface area contributed by atoms with Gasteiger partial charge in [0.05, 0.1) is 6.61 Å². The van der Waals surface area contributed by atoms with Gasteiger partial charge in [-0.3, -0.25) is 0 Å². The fourth-order valence-corrected chi connectivity index (χ4v) is 6.28. The number of hydrogen-bond donors (Lipinski definition) is 0. The predicted octanol–water partition coefficient (Wildman–Crippen LogP) is 3.93. The van der Waals surface area contributed by atoms with Crippen LogP contribution in [0.2, 0.25) is 0 Å². The summed E-state index contributed by atoms with van der Waals surface area (Å²) in [7, 11) is -2.05. The molecule has 0 saturated carbocycles. The minimum absolute atomic E-state index is 0.687. The van der Waals surface area contributed by atoms with Gasteiger partial charge in [-0.15, -0.1) is 0 Å². The maximum Gasteiger partial charge on any atom is 0.242 e. The van der Waals surface area contributed by atoms with Gasteiger partial charge < -0.3 is 0 Å². The second-order valence-electron chi connectivity index (χ2n) is 5.03. The van der Waals surface area contributed by atoms with Crippen LogP contribution in [0.25, 0.3) is 0 Å². The van der Waals surface area contributed by atoms with Crippen molar-refractivity contribution < 1.29 is 4.52 Å². The molecule has 0 aromatic heterocycles. The molecule has 0 unspecified atom stereocenters. The molecule has 0 amide bonds. The number of benzene rings is 3. The Bertz CT molecular complexity index is 599. The van der Waals surface area contributed by atoms with Gasteiger partial charge in [0.25, 0.3) is 0 Å². The molecule has 0 aliphatic carbocycles. The van der Waals surface area contributed by atoms with E-state index < -0.39 is 7.49 Å². The topological polar surface area (TPSA) is 9.23 Å². The first-order valence-electron chi connectivity index (χ1n) is 7.58. The van der Waals surface area contributed by atoms with Crippen molar-refractivity contribution in [1.82, 2.24) is 0 Å². The van der Waals surface area contributed by atoms with Crippen LogP contribution in [-0.2, 0) is 4.52 Å². The quantitative estimate of drug-likeness (QED) is 0.649. The Morgan fingerprint density at radius 1 is 0.591 bits per heavy atom. The molecule has 3 aromatic carbocycles. The first kappa shape index (κ1) is 15.0. The Kier molecular flexibility index (Phi) is 4.68. The number of rotatable bonds is 5. The Morgan fingerprint density at radius 2 is 0.909 bits per heavy atom. The molecular formula is C20H20OP+. The molecular weight excluding hydrogens is 287 g/mol. The smallest absolute Gasteiger partial charge is 0.222 e. The van der Waals surface area contributed by atoms with Crippen LogP contribution >= 0.6 is 7.49 Å². The summed E-state index contributed by atoms with van der Waals surface area (Å²) in [6.45, 7) is 2.76. The second-order valence-corrected chi connectivity index (χ2v) is 8.06. The number of hydrogen-bond acceptors (Lipinski definition) is 1. The Labute approximate surface area is 133 Å². The first-order valence-corrected chi connectivity index (χ1v) is 9.29. The Hall–Kier alpha value is -1.95. The summed E-state index contributed by atoms with van der Waals surface area (Å²) < 4.78 is 6.50. The second kappa shape index (κ2) is 6.87. The van der Waals surface area contributed by atoms with E-state index in [4.69, 9.17) is 4.52 Å². The fraction of sp³-hybridized carbons (Fsp3) is 0.100. The molecule has 1 nitrogen and oxygen atoms in total. The minimum Gasteiger partial charge on any atom is -0.222 e. The average molecular weight is 307 g/mol. The molecule has 0 bridgehead atoms. The van der Waals surface area contributed by atoms with Gasteiger partial charge >= 0.3 is 0 Å². The highest BCUT2D eigenvalue weighted by Crippen LogP contribution is 2.56. The lowest BCUT2D eigenvalue weighted by Gasteiger charge is -2.25. The van der Waals surface area contributed by atoms with Crippen LogP contribution in [0.4, 0.5) is 0 Å². The lowest BCUT2D eigenvalue weighted by molar-refractivity contribution is 0.381. The van der Waals surface area contributed by atoms with Gasteiger partial charge in [0.15, 0.2) is 0 Å². The molecule has 0 fully saturated rings. The zero-order valence-electron chi connectivity index (χ0n) is 12.7. The molecule has 0 N–H and O–H groups in total. The SMILES string of the molecule is CCO[P+](c1ccccc1)(c1ccccc1)c1ccccc1. The molecule has 0 atom stereocenters. The first-order chi connectivity index (χ1) is 10.9. The zero-order valence-corrected chi connectivity index (χ0v) is 13.6. The zero-order chi connectivity index (χ0) is 15.3. The van der Waals surface area contributed by atoms with Crippen LogP contribution < -0.4 is 15.9 Å². The summed E-state index contributed by atoms with van der Waals surface area (Å²) in [5.41, 5.74) is 0. The van der Waals surface area contributed by atoms with E-state index in [1.807, 2.05) is 0 Å². The molecule has 22 heavy (non-hydrogen) atoms. The van der Waals surface area contributed by atoms with Crippen molar-refractivity contribution in [2.24, 2.45) is 0 Å². The third kappa shape index (κ3) is 2.70. The van der Waals surface area contributed by atoms with Crippen LogP contribution in [0.3, 0.4) is 0 Å². The lowest BCUT2D eigenvalue weighted by Crippen LogP contribution is -2.32. The highest BCUT2D eigenvalue weighted by Gasteiger charge is 2.47. The summed E-state index contributed by atoms with van der Waals surface area (Å²) >= 11 is 0. The Morgan fingerprint density at radius 3 is 1.18 bits per heavy atom. The summed E-state index contributed by atoms with van der Waals surface area (Å²) in [6, 6.07) is 31.8. The summed E-state index contributed by atoms with van der Waals surface area (Å²) in [6.07, 6.45) is 0. The monoisotopic (exact) mass is 307 g/mol. The van der Waals surface area contributed by atoms with Crippen LogP contribution in [-0.4, -0.2) is 6.61 Å². The van der Waals surface area contributed by atoms with Crippen LogP contribution in [0, 0.1) is 0 Å².